The monoisotopic (exact) mass is 508 g/mol. The van der Waals surface area contributed by atoms with Gasteiger partial charge in [0.15, 0.2) is 0 Å². The summed E-state index contributed by atoms with van der Waals surface area (Å²) in [6.45, 7) is 4.52. The molecule has 0 saturated heterocycles. The fourth-order valence-electron chi connectivity index (χ4n) is 3.90. The first-order valence-corrected chi connectivity index (χ1v) is 11.4. The van der Waals surface area contributed by atoms with Gasteiger partial charge in [-0.25, -0.2) is 4.79 Å². The van der Waals surface area contributed by atoms with Gasteiger partial charge in [-0.05, 0) is 56.0 Å². The number of alkyl halides is 3. The number of aliphatic hydroxyl groups is 1. The molecule has 35 heavy (non-hydrogen) atoms. The standard InChI is InChI=1S/C26H28ClF3N2O3/c1-17-21(19-10-12-20(27)13-11-19)23(35-24(34)31(4)25(2,3)14-15-33)32(22(17)26(28,29)30)16-18-8-6-5-7-9-18/h5-13,33H,14-16H2,1-4H3. The highest BCUT2D eigenvalue weighted by molar-refractivity contribution is 6.30. The molecular weight excluding hydrogens is 481 g/mol. The third-order valence-corrected chi connectivity index (χ3v) is 6.39. The molecule has 1 aromatic heterocycles. The molecule has 0 spiro atoms. The van der Waals surface area contributed by atoms with E-state index in [0.29, 0.717) is 16.1 Å². The highest BCUT2D eigenvalue weighted by Gasteiger charge is 2.41. The van der Waals surface area contributed by atoms with Gasteiger partial charge in [-0.2, -0.15) is 13.2 Å². The fraction of sp³-hybridized carbons (Fsp3) is 0.346. The van der Waals surface area contributed by atoms with Gasteiger partial charge >= 0.3 is 12.3 Å². The van der Waals surface area contributed by atoms with Crippen molar-refractivity contribution in [1.29, 1.82) is 0 Å². The molecule has 5 nitrogen and oxygen atoms in total. The van der Waals surface area contributed by atoms with Crippen LogP contribution in [0.2, 0.25) is 5.02 Å². The van der Waals surface area contributed by atoms with Gasteiger partial charge in [-0.1, -0.05) is 54.1 Å². The topological polar surface area (TPSA) is 54.7 Å². The molecule has 3 rings (SSSR count). The maximum Gasteiger partial charge on any atom is 0.431 e. The molecular formula is C26H28ClF3N2O3. The van der Waals surface area contributed by atoms with Crippen molar-refractivity contribution in [2.75, 3.05) is 13.7 Å². The molecule has 1 N–H and O–H groups in total. The van der Waals surface area contributed by atoms with E-state index in [2.05, 4.69) is 0 Å². The van der Waals surface area contributed by atoms with Crippen LogP contribution in [0.1, 0.15) is 37.1 Å². The molecule has 9 heteroatoms. The van der Waals surface area contributed by atoms with Gasteiger partial charge in [0, 0.05) is 29.8 Å². The van der Waals surface area contributed by atoms with Crippen LogP contribution < -0.4 is 4.74 Å². The van der Waals surface area contributed by atoms with E-state index in [1.54, 1.807) is 68.4 Å². The number of halogens is 4. The second-order valence-corrected chi connectivity index (χ2v) is 9.38. The maximum atomic E-state index is 14.4. The van der Waals surface area contributed by atoms with Crippen molar-refractivity contribution in [3.63, 3.8) is 0 Å². The average Bonchev–Trinajstić information content (AvgIpc) is 3.05. The number of hydrogen-bond donors (Lipinski definition) is 1. The van der Waals surface area contributed by atoms with E-state index < -0.39 is 23.5 Å². The number of hydrogen-bond acceptors (Lipinski definition) is 3. The van der Waals surface area contributed by atoms with Crippen LogP contribution in [0.3, 0.4) is 0 Å². The Kier molecular flexibility index (Phi) is 7.87. The van der Waals surface area contributed by atoms with Gasteiger partial charge in [0.2, 0.25) is 5.88 Å². The fourth-order valence-corrected chi connectivity index (χ4v) is 4.03. The molecule has 0 saturated carbocycles. The van der Waals surface area contributed by atoms with Crippen molar-refractivity contribution < 1.29 is 27.8 Å². The molecule has 0 atom stereocenters. The summed E-state index contributed by atoms with van der Waals surface area (Å²) >= 11 is 6.00. The largest absolute Gasteiger partial charge is 0.431 e. The van der Waals surface area contributed by atoms with Crippen LogP contribution in [0.5, 0.6) is 5.88 Å². The Bertz CT molecular complexity index is 1170. The van der Waals surface area contributed by atoms with Gasteiger partial charge in [-0.3, -0.25) is 0 Å². The number of carbonyl (C=O) groups excluding carboxylic acids is 1. The molecule has 0 bridgehead atoms. The maximum absolute atomic E-state index is 14.4. The van der Waals surface area contributed by atoms with Crippen LogP contribution in [0.4, 0.5) is 18.0 Å². The van der Waals surface area contributed by atoms with Gasteiger partial charge in [0.1, 0.15) is 5.69 Å². The normalized spacial score (nSPS) is 12.0. The van der Waals surface area contributed by atoms with Crippen molar-refractivity contribution in [3.8, 4) is 17.0 Å². The lowest BCUT2D eigenvalue weighted by atomic mass is 10.00. The second-order valence-electron chi connectivity index (χ2n) is 8.94. The Morgan fingerprint density at radius 1 is 1.09 bits per heavy atom. The molecule has 188 valence electrons. The second kappa shape index (κ2) is 10.3. The predicted octanol–water partition coefficient (Wildman–Crippen LogP) is 6.78. The molecule has 0 radical (unpaired) electrons. The Hall–Kier alpha value is -2.97. The summed E-state index contributed by atoms with van der Waals surface area (Å²) in [7, 11) is 1.49. The van der Waals surface area contributed by atoms with Crippen LogP contribution in [-0.2, 0) is 12.7 Å². The Balaban J connectivity index is 2.23. The van der Waals surface area contributed by atoms with Gasteiger partial charge in [0.25, 0.3) is 0 Å². The highest BCUT2D eigenvalue weighted by atomic mass is 35.5. The number of rotatable bonds is 7. The van der Waals surface area contributed by atoms with E-state index in [1.807, 2.05) is 0 Å². The Morgan fingerprint density at radius 2 is 1.69 bits per heavy atom. The van der Waals surface area contributed by atoms with Gasteiger partial charge < -0.3 is 19.3 Å². The molecule has 0 fully saturated rings. The molecule has 0 unspecified atom stereocenters. The third-order valence-electron chi connectivity index (χ3n) is 6.13. The molecule has 0 aliphatic rings. The summed E-state index contributed by atoms with van der Waals surface area (Å²) < 4.78 is 49.8. The molecule has 3 aromatic rings. The predicted molar refractivity (Wildman–Crippen MR) is 130 cm³/mol. The minimum Gasteiger partial charge on any atom is -0.396 e. The van der Waals surface area contributed by atoms with Crippen molar-refractivity contribution in [2.24, 2.45) is 0 Å². The van der Waals surface area contributed by atoms with Crippen molar-refractivity contribution >= 4 is 17.7 Å². The molecule has 0 aliphatic carbocycles. The van der Waals surface area contributed by atoms with Crippen molar-refractivity contribution in [2.45, 2.75) is 45.5 Å². The first-order chi connectivity index (χ1) is 16.4. The van der Waals surface area contributed by atoms with Gasteiger partial charge in [0.05, 0.1) is 6.54 Å². The van der Waals surface area contributed by atoms with E-state index in [9.17, 15) is 23.1 Å². The Morgan fingerprint density at radius 3 is 2.23 bits per heavy atom. The number of amides is 1. The van der Waals surface area contributed by atoms with E-state index in [0.717, 1.165) is 4.57 Å². The lowest BCUT2D eigenvalue weighted by Crippen LogP contribution is -2.47. The smallest absolute Gasteiger partial charge is 0.396 e. The summed E-state index contributed by atoms with van der Waals surface area (Å²) in [6, 6.07) is 15.0. The number of nitrogens with zero attached hydrogens (tertiary/aromatic N) is 2. The lowest BCUT2D eigenvalue weighted by molar-refractivity contribution is -0.144. The van der Waals surface area contributed by atoms with E-state index in [4.69, 9.17) is 16.3 Å². The zero-order valence-electron chi connectivity index (χ0n) is 20.0. The minimum atomic E-state index is -4.70. The number of aromatic nitrogens is 1. The van der Waals surface area contributed by atoms with Crippen molar-refractivity contribution in [1.82, 2.24) is 9.47 Å². The molecule has 1 amide bonds. The lowest BCUT2D eigenvalue weighted by Gasteiger charge is -2.34. The van der Waals surface area contributed by atoms with Crippen LogP contribution in [0.15, 0.2) is 54.6 Å². The summed E-state index contributed by atoms with van der Waals surface area (Å²) in [5, 5.41) is 9.78. The molecule has 0 aliphatic heterocycles. The molecule has 2 aromatic carbocycles. The first-order valence-electron chi connectivity index (χ1n) is 11.0. The van der Waals surface area contributed by atoms with Crippen LogP contribution in [0, 0.1) is 6.92 Å². The van der Waals surface area contributed by atoms with Crippen LogP contribution in [0.25, 0.3) is 11.1 Å². The number of carbonyl (C=O) groups is 1. The molecule has 1 heterocycles. The number of ether oxygens (including phenoxy) is 1. The summed E-state index contributed by atoms with van der Waals surface area (Å²) in [4.78, 5) is 14.4. The highest BCUT2D eigenvalue weighted by Crippen LogP contribution is 2.45. The average molecular weight is 509 g/mol. The summed E-state index contributed by atoms with van der Waals surface area (Å²) in [5.74, 6) is -0.211. The number of aliphatic hydroxyl groups excluding tert-OH is 1. The Labute approximate surface area is 207 Å². The van der Waals surface area contributed by atoms with Crippen LogP contribution in [-0.4, -0.2) is 39.9 Å². The van der Waals surface area contributed by atoms with Crippen LogP contribution >= 0.6 is 11.6 Å². The quantitative estimate of drug-likeness (QED) is 0.383. The summed E-state index contributed by atoms with van der Waals surface area (Å²) in [5.41, 5.74) is -0.537. The number of benzene rings is 2. The summed E-state index contributed by atoms with van der Waals surface area (Å²) in [6.07, 6.45) is -5.27. The van der Waals surface area contributed by atoms with E-state index >= 15 is 0 Å². The zero-order valence-corrected chi connectivity index (χ0v) is 20.7. The van der Waals surface area contributed by atoms with Gasteiger partial charge in [-0.15, -0.1) is 0 Å². The van der Waals surface area contributed by atoms with E-state index in [1.165, 1.54) is 18.9 Å². The SMILES string of the molecule is Cc1c(-c2ccc(Cl)cc2)c(OC(=O)N(C)C(C)(C)CCO)n(Cc2ccccc2)c1C(F)(F)F. The third kappa shape index (κ3) is 5.82. The zero-order chi connectivity index (χ0) is 26.0. The minimum absolute atomic E-state index is 0.0594. The van der Waals surface area contributed by atoms with E-state index in [-0.39, 0.29) is 36.6 Å². The first kappa shape index (κ1) is 26.6. The van der Waals surface area contributed by atoms with Crippen molar-refractivity contribution in [3.05, 3.63) is 76.4 Å².